The molecule has 0 aliphatic heterocycles. The molecule has 0 saturated heterocycles. The largest absolute Gasteiger partial charge is 0.487 e. The van der Waals surface area contributed by atoms with Crippen molar-refractivity contribution in [2.45, 2.75) is 20.0 Å². The summed E-state index contributed by atoms with van der Waals surface area (Å²) in [6, 6.07) is 8.49. The van der Waals surface area contributed by atoms with Crippen LogP contribution in [0.4, 0.5) is 0 Å². The average Bonchev–Trinajstić information content (AvgIpc) is 2.90. The van der Waals surface area contributed by atoms with Crippen molar-refractivity contribution in [1.29, 1.82) is 0 Å². The summed E-state index contributed by atoms with van der Waals surface area (Å²) in [4.78, 5) is 17.0. The van der Waals surface area contributed by atoms with Crippen LogP contribution in [-0.4, -0.2) is 14.6 Å². The van der Waals surface area contributed by atoms with Crippen molar-refractivity contribution in [3.05, 3.63) is 56.4 Å². The number of rotatable bonds is 4. The van der Waals surface area contributed by atoms with Gasteiger partial charge >= 0.3 is 0 Å². The molecule has 0 aliphatic carbocycles. The lowest BCUT2D eigenvalue weighted by Gasteiger charge is -2.05. The van der Waals surface area contributed by atoms with E-state index in [-0.39, 0.29) is 12.2 Å². The summed E-state index contributed by atoms with van der Waals surface area (Å²) in [5, 5.41) is 5.74. The fraction of sp³-hybridized carbons (Fsp3) is 0.214. The van der Waals surface area contributed by atoms with Crippen molar-refractivity contribution in [3.8, 4) is 5.75 Å². The second kappa shape index (κ2) is 5.83. The lowest BCUT2D eigenvalue weighted by Crippen LogP contribution is -2.16. The molecular formula is C14H12ClN3O2S. The van der Waals surface area contributed by atoms with Crippen molar-refractivity contribution >= 4 is 27.9 Å². The quantitative estimate of drug-likeness (QED) is 0.741. The Kier molecular flexibility index (Phi) is 3.90. The highest BCUT2D eigenvalue weighted by Gasteiger charge is 2.08. The molecule has 108 valence electrons. The fourth-order valence-electron chi connectivity index (χ4n) is 1.80. The topological polar surface area (TPSA) is 56.5 Å². The molecule has 0 atom stereocenters. The maximum absolute atomic E-state index is 12.0. The molecule has 0 amide bonds. The van der Waals surface area contributed by atoms with E-state index < -0.39 is 0 Å². The zero-order valence-electron chi connectivity index (χ0n) is 11.2. The van der Waals surface area contributed by atoms with Crippen LogP contribution in [0.25, 0.3) is 4.96 Å². The SMILES string of the molecule is CCc1nn2c(=O)cc(COc3ccc(Cl)cc3)nc2s1. The Labute approximate surface area is 129 Å². The predicted molar refractivity (Wildman–Crippen MR) is 82.3 cm³/mol. The standard InChI is InChI=1S/C14H12ClN3O2S/c1-2-12-17-18-13(19)7-10(16-14(18)21-12)8-20-11-5-3-9(15)4-6-11/h3-7H,2,8H2,1H3. The highest BCUT2D eigenvalue weighted by molar-refractivity contribution is 7.16. The first-order valence-corrected chi connectivity index (χ1v) is 7.62. The van der Waals surface area contributed by atoms with Crippen molar-refractivity contribution in [3.63, 3.8) is 0 Å². The monoisotopic (exact) mass is 321 g/mol. The third-order valence-corrected chi connectivity index (χ3v) is 4.15. The van der Waals surface area contributed by atoms with Crippen molar-refractivity contribution < 1.29 is 4.74 Å². The molecule has 0 radical (unpaired) electrons. The Hall–Kier alpha value is -1.92. The average molecular weight is 322 g/mol. The molecule has 21 heavy (non-hydrogen) atoms. The van der Waals surface area contributed by atoms with Crippen LogP contribution in [0.15, 0.2) is 35.1 Å². The summed E-state index contributed by atoms with van der Waals surface area (Å²) in [7, 11) is 0. The lowest BCUT2D eigenvalue weighted by atomic mass is 10.3. The van der Waals surface area contributed by atoms with Gasteiger partial charge in [-0.15, -0.1) is 0 Å². The molecule has 0 spiro atoms. The third kappa shape index (κ3) is 3.06. The molecule has 3 rings (SSSR count). The minimum absolute atomic E-state index is 0.189. The van der Waals surface area contributed by atoms with Gasteiger partial charge < -0.3 is 4.74 Å². The van der Waals surface area contributed by atoms with Crippen LogP contribution >= 0.6 is 22.9 Å². The molecule has 0 saturated carbocycles. The first-order chi connectivity index (χ1) is 10.2. The normalized spacial score (nSPS) is 11.0. The predicted octanol–water partition coefficient (Wildman–Crippen LogP) is 2.95. The van der Waals surface area contributed by atoms with Gasteiger partial charge in [0.1, 0.15) is 17.4 Å². The Bertz CT molecular complexity index is 826. The molecule has 0 N–H and O–H groups in total. The summed E-state index contributed by atoms with van der Waals surface area (Å²) in [6.07, 6.45) is 0.782. The number of ether oxygens (including phenoxy) is 1. The van der Waals surface area contributed by atoms with Gasteiger partial charge in [0, 0.05) is 11.1 Å². The smallest absolute Gasteiger partial charge is 0.275 e. The van der Waals surface area contributed by atoms with Crippen LogP contribution in [0, 0.1) is 0 Å². The van der Waals surface area contributed by atoms with Crippen molar-refractivity contribution in [2.75, 3.05) is 0 Å². The Morgan fingerprint density at radius 2 is 2.10 bits per heavy atom. The molecule has 7 heteroatoms. The first-order valence-electron chi connectivity index (χ1n) is 6.43. The van der Waals surface area contributed by atoms with Gasteiger partial charge in [0.25, 0.3) is 5.56 Å². The van der Waals surface area contributed by atoms with E-state index in [9.17, 15) is 4.79 Å². The molecule has 1 aromatic carbocycles. The number of nitrogens with zero attached hydrogens (tertiary/aromatic N) is 3. The maximum Gasteiger partial charge on any atom is 0.275 e. The van der Waals surface area contributed by atoms with Gasteiger partial charge in [-0.25, -0.2) is 4.98 Å². The van der Waals surface area contributed by atoms with Gasteiger partial charge in [0.05, 0.1) is 5.69 Å². The first kappa shape index (κ1) is 14.0. The second-order valence-corrected chi connectivity index (χ2v) is 5.85. The summed E-state index contributed by atoms with van der Waals surface area (Å²) in [5.74, 6) is 0.681. The minimum atomic E-state index is -0.189. The van der Waals surface area contributed by atoms with Gasteiger partial charge in [-0.3, -0.25) is 4.79 Å². The van der Waals surface area contributed by atoms with E-state index in [0.717, 1.165) is 11.4 Å². The molecule has 5 nitrogen and oxygen atoms in total. The van der Waals surface area contributed by atoms with E-state index in [2.05, 4.69) is 10.1 Å². The third-order valence-electron chi connectivity index (χ3n) is 2.84. The second-order valence-electron chi connectivity index (χ2n) is 4.37. The lowest BCUT2D eigenvalue weighted by molar-refractivity contribution is 0.301. The van der Waals surface area contributed by atoms with Crippen molar-refractivity contribution in [2.24, 2.45) is 0 Å². The van der Waals surface area contributed by atoms with Gasteiger partial charge in [0.2, 0.25) is 4.96 Å². The number of hydrogen-bond acceptors (Lipinski definition) is 5. The number of benzene rings is 1. The number of aromatic nitrogens is 3. The molecule has 2 aromatic heterocycles. The Balaban J connectivity index is 1.83. The zero-order chi connectivity index (χ0) is 14.8. The van der Waals surface area contributed by atoms with Crippen LogP contribution < -0.4 is 10.3 Å². The highest BCUT2D eigenvalue weighted by Crippen LogP contribution is 2.17. The van der Waals surface area contributed by atoms with Crippen LogP contribution in [0.3, 0.4) is 0 Å². The minimum Gasteiger partial charge on any atom is -0.487 e. The number of hydrogen-bond donors (Lipinski definition) is 0. The van der Waals surface area contributed by atoms with E-state index in [4.69, 9.17) is 16.3 Å². The van der Waals surface area contributed by atoms with Gasteiger partial charge in [-0.05, 0) is 30.7 Å². The van der Waals surface area contributed by atoms with Crippen LogP contribution in [0.5, 0.6) is 5.75 Å². The van der Waals surface area contributed by atoms with Crippen LogP contribution in [-0.2, 0) is 13.0 Å². The zero-order valence-corrected chi connectivity index (χ0v) is 12.8. The van der Waals surface area contributed by atoms with Crippen molar-refractivity contribution in [1.82, 2.24) is 14.6 Å². The van der Waals surface area contributed by atoms with Gasteiger partial charge in [-0.2, -0.15) is 9.61 Å². The highest BCUT2D eigenvalue weighted by atomic mass is 35.5. The van der Waals surface area contributed by atoms with Gasteiger partial charge in [0.15, 0.2) is 0 Å². The van der Waals surface area contributed by atoms with Crippen LogP contribution in [0.2, 0.25) is 5.02 Å². The maximum atomic E-state index is 12.0. The van der Waals surface area contributed by atoms with E-state index in [1.54, 1.807) is 24.3 Å². The molecule has 2 heterocycles. The number of halogens is 1. The summed E-state index contributed by atoms with van der Waals surface area (Å²) >= 11 is 7.23. The number of aryl methyl sites for hydroxylation is 1. The van der Waals surface area contributed by atoms with E-state index in [1.807, 2.05) is 6.92 Å². The molecule has 0 unspecified atom stereocenters. The molecule has 0 aliphatic rings. The number of fused-ring (bicyclic) bond motifs is 1. The van der Waals surface area contributed by atoms with E-state index in [0.29, 0.717) is 21.4 Å². The molecular weight excluding hydrogens is 310 g/mol. The Morgan fingerprint density at radius 1 is 1.33 bits per heavy atom. The molecule has 0 bridgehead atoms. The van der Waals surface area contributed by atoms with Gasteiger partial charge in [-0.1, -0.05) is 29.9 Å². The summed E-state index contributed by atoms with van der Waals surface area (Å²) < 4.78 is 6.93. The Morgan fingerprint density at radius 3 is 2.81 bits per heavy atom. The van der Waals surface area contributed by atoms with Crippen LogP contribution in [0.1, 0.15) is 17.6 Å². The fourth-order valence-corrected chi connectivity index (χ4v) is 2.78. The summed E-state index contributed by atoms with van der Waals surface area (Å²) in [5.41, 5.74) is 0.395. The molecule has 0 fully saturated rings. The molecule has 3 aromatic rings. The van der Waals surface area contributed by atoms with E-state index in [1.165, 1.54) is 21.9 Å². The summed E-state index contributed by atoms with van der Waals surface area (Å²) in [6.45, 7) is 2.22. The van der Waals surface area contributed by atoms with E-state index >= 15 is 0 Å².